The number of hydrogen-bond donors (Lipinski definition) is 1. The van der Waals surface area contributed by atoms with Gasteiger partial charge in [-0.15, -0.1) is 0 Å². The monoisotopic (exact) mass is 359 g/mol. The van der Waals surface area contributed by atoms with E-state index in [1.165, 1.54) is 0 Å². The zero-order valence-corrected chi connectivity index (χ0v) is 15.9. The van der Waals surface area contributed by atoms with E-state index in [4.69, 9.17) is 17.3 Å². The first-order valence-electron chi connectivity index (χ1n) is 8.88. The molecule has 25 heavy (non-hydrogen) atoms. The van der Waals surface area contributed by atoms with E-state index in [2.05, 4.69) is 11.5 Å². The Balaban J connectivity index is 1.84. The molecule has 2 heterocycles. The molecule has 1 aromatic heterocycles. The molecule has 4 nitrogen and oxygen atoms in total. The first-order chi connectivity index (χ1) is 11.9. The van der Waals surface area contributed by atoms with Crippen molar-refractivity contribution in [1.82, 2.24) is 9.47 Å². The maximum absolute atomic E-state index is 13.0. The number of hydrogen-bond acceptors (Lipinski definition) is 2. The van der Waals surface area contributed by atoms with Crippen LogP contribution in [0, 0.1) is 19.8 Å². The lowest BCUT2D eigenvalue weighted by Gasteiger charge is -2.33. The number of halogens is 1. The van der Waals surface area contributed by atoms with Gasteiger partial charge in [-0.05, 0) is 63.8 Å². The molecule has 1 fully saturated rings. The molecule has 5 heteroatoms. The number of amides is 1. The summed E-state index contributed by atoms with van der Waals surface area (Å²) < 4.78 is 2.09. The second kappa shape index (κ2) is 7.22. The highest BCUT2D eigenvalue weighted by molar-refractivity contribution is 6.30. The van der Waals surface area contributed by atoms with Gasteiger partial charge in [0.1, 0.15) is 0 Å². The predicted octanol–water partition coefficient (Wildman–Crippen LogP) is 3.95. The van der Waals surface area contributed by atoms with Crippen LogP contribution in [0.2, 0.25) is 5.02 Å². The van der Waals surface area contributed by atoms with Crippen molar-refractivity contribution in [2.24, 2.45) is 11.7 Å². The number of aryl methyl sites for hydroxylation is 1. The molecule has 1 atom stereocenters. The van der Waals surface area contributed by atoms with Crippen LogP contribution in [-0.2, 0) is 0 Å². The minimum absolute atomic E-state index is 0.115. The topological polar surface area (TPSA) is 51.3 Å². The van der Waals surface area contributed by atoms with Gasteiger partial charge in [-0.2, -0.15) is 0 Å². The summed E-state index contributed by atoms with van der Waals surface area (Å²) in [7, 11) is 0. The van der Waals surface area contributed by atoms with E-state index in [1.807, 2.05) is 49.1 Å². The van der Waals surface area contributed by atoms with E-state index in [9.17, 15) is 4.79 Å². The van der Waals surface area contributed by atoms with Gasteiger partial charge in [0.25, 0.3) is 5.91 Å². The molecule has 0 radical (unpaired) electrons. The van der Waals surface area contributed by atoms with E-state index >= 15 is 0 Å². The Labute approximate surface area is 154 Å². The molecule has 1 aromatic carbocycles. The van der Waals surface area contributed by atoms with Crippen LogP contribution in [0.5, 0.6) is 0 Å². The fourth-order valence-corrected chi connectivity index (χ4v) is 3.98. The number of carbonyl (C=O) groups excluding carboxylic acids is 1. The van der Waals surface area contributed by atoms with Gasteiger partial charge in [0, 0.05) is 41.2 Å². The quantitative estimate of drug-likeness (QED) is 0.902. The number of benzene rings is 1. The van der Waals surface area contributed by atoms with E-state index in [0.29, 0.717) is 10.9 Å². The van der Waals surface area contributed by atoms with E-state index in [-0.39, 0.29) is 11.9 Å². The minimum Gasteiger partial charge on any atom is -0.339 e. The smallest absolute Gasteiger partial charge is 0.255 e. The Morgan fingerprint density at radius 1 is 1.24 bits per heavy atom. The van der Waals surface area contributed by atoms with Crippen LogP contribution in [0.25, 0.3) is 5.69 Å². The Kier molecular flexibility index (Phi) is 5.21. The van der Waals surface area contributed by atoms with Crippen molar-refractivity contribution in [3.63, 3.8) is 0 Å². The van der Waals surface area contributed by atoms with Gasteiger partial charge in [-0.3, -0.25) is 4.79 Å². The van der Waals surface area contributed by atoms with E-state index in [0.717, 1.165) is 48.6 Å². The maximum Gasteiger partial charge on any atom is 0.255 e. The van der Waals surface area contributed by atoms with Crippen molar-refractivity contribution in [2.75, 3.05) is 13.1 Å². The molecule has 0 saturated carbocycles. The second-order valence-corrected chi connectivity index (χ2v) is 7.53. The summed E-state index contributed by atoms with van der Waals surface area (Å²) in [5.41, 5.74) is 9.76. The highest BCUT2D eigenvalue weighted by Crippen LogP contribution is 2.26. The molecular weight excluding hydrogens is 334 g/mol. The zero-order chi connectivity index (χ0) is 18.1. The molecule has 0 bridgehead atoms. The fraction of sp³-hybridized carbons (Fsp3) is 0.450. The molecular formula is C20H26ClN3O. The third-order valence-electron chi connectivity index (χ3n) is 5.30. The number of likely N-dealkylation sites (tertiary alicyclic amines) is 1. The van der Waals surface area contributed by atoms with Gasteiger partial charge >= 0.3 is 0 Å². The molecule has 1 unspecified atom stereocenters. The minimum atomic E-state index is 0.115. The molecule has 2 N–H and O–H groups in total. The van der Waals surface area contributed by atoms with Crippen molar-refractivity contribution >= 4 is 17.5 Å². The van der Waals surface area contributed by atoms with E-state index < -0.39 is 0 Å². The van der Waals surface area contributed by atoms with Gasteiger partial charge < -0.3 is 15.2 Å². The number of carbonyl (C=O) groups is 1. The summed E-state index contributed by atoms with van der Waals surface area (Å²) in [5, 5.41) is 0.691. The summed E-state index contributed by atoms with van der Waals surface area (Å²) in [6.07, 6.45) is 1.97. The standard InChI is InChI=1S/C20H26ClN3O/c1-13-11-19(15(3)24(13)18-6-4-5-17(21)12-18)20(25)23-9-7-16(8-10-23)14(2)22/h4-6,11-12,14,16H,7-10,22H2,1-3H3. The lowest BCUT2D eigenvalue weighted by atomic mass is 9.90. The van der Waals surface area contributed by atoms with Gasteiger partial charge in [0.2, 0.25) is 0 Å². The average molecular weight is 360 g/mol. The molecule has 1 amide bonds. The van der Waals surface area contributed by atoms with Crippen LogP contribution in [0.3, 0.4) is 0 Å². The normalized spacial score (nSPS) is 16.9. The Morgan fingerprint density at radius 2 is 1.92 bits per heavy atom. The van der Waals surface area contributed by atoms with E-state index in [1.54, 1.807) is 0 Å². The highest BCUT2D eigenvalue weighted by atomic mass is 35.5. The second-order valence-electron chi connectivity index (χ2n) is 7.09. The molecule has 134 valence electrons. The summed E-state index contributed by atoms with van der Waals surface area (Å²) in [5.74, 6) is 0.632. The SMILES string of the molecule is Cc1cc(C(=O)N2CCC(C(C)N)CC2)c(C)n1-c1cccc(Cl)c1. The van der Waals surface area contributed by atoms with Gasteiger partial charge in [0.05, 0.1) is 5.56 Å². The molecule has 3 rings (SSSR count). The van der Waals surface area contributed by atoms with Crippen LogP contribution >= 0.6 is 11.6 Å². The Morgan fingerprint density at radius 3 is 2.52 bits per heavy atom. The largest absolute Gasteiger partial charge is 0.339 e. The van der Waals surface area contributed by atoms with Crippen LogP contribution < -0.4 is 5.73 Å². The summed E-state index contributed by atoms with van der Waals surface area (Å²) in [6.45, 7) is 7.64. The maximum atomic E-state index is 13.0. The Hall–Kier alpha value is -1.78. The number of aromatic nitrogens is 1. The lowest BCUT2D eigenvalue weighted by Crippen LogP contribution is -2.42. The van der Waals surface area contributed by atoms with Crippen LogP contribution in [-0.4, -0.2) is 34.5 Å². The number of nitrogens with two attached hydrogens (primary N) is 1. The molecule has 1 aliphatic heterocycles. The fourth-order valence-electron chi connectivity index (χ4n) is 3.79. The lowest BCUT2D eigenvalue weighted by molar-refractivity contribution is 0.0680. The Bertz CT molecular complexity index is 773. The van der Waals surface area contributed by atoms with Crippen LogP contribution in [0.1, 0.15) is 41.5 Å². The molecule has 0 aliphatic carbocycles. The van der Waals surface area contributed by atoms with Crippen molar-refractivity contribution in [2.45, 2.75) is 39.7 Å². The van der Waals surface area contributed by atoms with Crippen molar-refractivity contribution in [3.8, 4) is 5.69 Å². The molecule has 1 aliphatic rings. The molecule has 1 saturated heterocycles. The van der Waals surface area contributed by atoms with Crippen molar-refractivity contribution in [3.05, 3.63) is 52.3 Å². The number of nitrogens with zero attached hydrogens (tertiary/aromatic N) is 2. The van der Waals surface area contributed by atoms with Gasteiger partial charge in [-0.25, -0.2) is 0 Å². The third-order valence-corrected chi connectivity index (χ3v) is 5.53. The van der Waals surface area contributed by atoms with Crippen molar-refractivity contribution in [1.29, 1.82) is 0 Å². The first-order valence-corrected chi connectivity index (χ1v) is 9.26. The highest BCUT2D eigenvalue weighted by Gasteiger charge is 2.27. The first kappa shape index (κ1) is 18.0. The molecule has 0 spiro atoms. The average Bonchev–Trinajstić information content (AvgIpc) is 2.88. The van der Waals surface area contributed by atoms with Gasteiger partial charge in [-0.1, -0.05) is 17.7 Å². The van der Waals surface area contributed by atoms with Crippen molar-refractivity contribution < 1.29 is 4.79 Å². The predicted molar refractivity (Wildman–Crippen MR) is 103 cm³/mol. The number of rotatable bonds is 3. The van der Waals surface area contributed by atoms with Crippen LogP contribution in [0.15, 0.2) is 30.3 Å². The van der Waals surface area contributed by atoms with Crippen LogP contribution in [0.4, 0.5) is 0 Å². The number of piperidine rings is 1. The third kappa shape index (κ3) is 3.60. The summed E-state index contributed by atoms with van der Waals surface area (Å²) >= 11 is 6.13. The zero-order valence-electron chi connectivity index (χ0n) is 15.1. The van der Waals surface area contributed by atoms with Gasteiger partial charge in [0.15, 0.2) is 0 Å². The molecule has 2 aromatic rings. The summed E-state index contributed by atoms with van der Waals surface area (Å²) in [4.78, 5) is 15.0. The summed E-state index contributed by atoms with van der Waals surface area (Å²) in [6, 6.07) is 9.89.